The van der Waals surface area contributed by atoms with E-state index in [-0.39, 0.29) is 5.56 Å². The molecule has 3 aromatic rings. The number of para-hydroxylation sites is 1. The maximum atomic E-state index is 12.9. The molecule has 0 aliphatic carbocycles. The molecule has 2 aromatic heterocycles. The van der Waals surface area contributed by atoms with Crippen molar-refractivity contribution < 1.29 is 9.26 Å². The van der Waals surface area contributed by atoms with E-state index in [2.05, 4.69) is 20.0 Å². The average Bonchev–Trinajstić information content (AvgIpc) is 3.27. The number of hydrogen-bond donors (Lipinski definition) is 0. The first-order valence-electron chi connectivity index (χ1n) is 11.3. The number of hydrogen-bond acceptors (Lipinski definition) is 7. The number of likely N-dealkylation sites (tertiary alicyclic amines) is 1. The van der Waals surface area contributed by atoms with Crippen molar-refractivity contribution in [2.45, 2.75) is 51.6 Å². The fraction of sp³-hybridized carbons (Fsp3) is 0.565. The van der Waals surface area contributed by atoms with Crippen molar-refractivity contribution in [3.63, 3.8) is 0 Å². The van der Waals surface area contributed by atoms with Crippen molar-refractivity contribution in [2.24, 2.45) is 5.92 Å². The molecule has 0 spiro atoms. The smallest absolute Gasteiger partial charge is 0.261 e. The molecule has 2 aliphatic heterocycles. The highest BCUT2D eigenvalue weighted by molar-refractivity contribution is 5.77. The van der Waals surface area contributed by atoms with Crippen molar-refractivity contribution in [3.8, 4) is 0 Å². The van der Waals surface area contributed by atoms with Gasteiger partial charge in [-0.05, 0) is 63.7 Å². The molecular formula is C23H29N5O3. The first kappa shape index (κ1) is 20.3. The van der Waals surface area contributed by atoms with E-state index in [0.717, 1.165) is 88.1 Å². The largest absolute Gasteiger partial charge is 0.381 e. The van der Waals surface area contributed by atoms with E-state index in [9.17, 15) is 4.79 Å². The first-order valence-corrected chi connectivity index (χ1v) is 11.3. The van der Waals surface area contributed by atoms with E-state index in [0.29, 0.717) is 17.2 Å². The molecule has 2 fully saturated rings. The molecule has 31 heavy (non-hydrogen) atoms. The summed E-state index contributed by atoms with van der Waals surface area (Å²) in [6.45, 7) is 6.86. The summed E-state index contributed by atoms with van der Waals surface area (Å²) < 4.78 is 12.8. The van der Waals surface area contributed by atoms with Gasteiger partial charge in [-0.25, -0.2) is 4.98 Å². The minimum atomic E-state index is 0.0676. The summed E-state index contributed by atoms with van der Waals surface area (Å²) in [5.41, 5.74) is 0.842. The van der Waals surface area contributed by atoms with Crippen LogP contribution in [-0.4, -0.2) is 50.9 Å². The van der Waals surface area contributed by atoms with Gasteiger partial charge in [0.2, 0.25) is 5.89 Å². The lowest BCUT2D eigenvalue weighted by Crippen LogP contribution is -2.36. The summed E-state index contributed by atoms with van der Waals surface area (Å²) in [5.74, 6) is 3.12. The Morgan fingerprint density at radius 2 is 1.84 bits per heavy atom. The van der Waals surface area contributed by atoms with Crippen LogP contribution in [0.15, 0.2) is 33.6 Å². The van der Waals surface area contributed by atoms with Crippen molar-refractivity contribution in [2.75, 3.05) is 26.3 Å². The average molecular weight is 424 g/mol. The summed E-state index contributed by atoms with van der Waals surface area (Å²) >= 11 is 0. The van der Waals surface area contributed by atoms with E-state index >= 15 is 0 Å². The van der Waals surface area contributed by atoms with Gasteiger partial charge in [0.25, 0.3) is 5.56 Å². The van der Waals surface area contributed by atoms with Crippen molar-refractivity contribution in [3.05, 3.63) is 52.2 Å². The number of aryl methyl sites for hydroxylation is 1. The van der Waals surface area contributed by atoms with Crippen LogP contribution < -0.4 is 5.56 Å². The van der Waals surface area contributed by atoms with Gasteiger partial charge in [-0.1, -0.05) is 17.3 Å². The van der Waals surface area contributed by atoms with Crippen LogP contribution in [0.4, 0.5) is 0 Å². The first-order chi connectivity index (χ1) is 15.2. The Balaban J connectivity index is 1.18. The fourth-order valence-corrected chi connectivity index (χ4v) is 4.72. The Kier molecular flexibility index (Phi) is 5.82. The fourth-order valence-electron chi connectivity index (χ4n) is 4.72. The minimum absolute atomic E-state index is 0.0676. The minimum Gasteiger partial charge on any atom is -0.381 e. The van der Waals surface area contributed by atoms with Crippen LogP contribution in [0.3, 0.4) is 0 Å². The lowest BCUT2D eigenvalue weighted by molar-refractivity contribution is 0.0778. The van der Waals surface area contributed by atoms with Crippen molar-refractivity contribution >= 4 is 10.9 Å². The van der Waals surface area contributed by atoms with Crippen molar-refractivity contribution in [1.82, 2.24) is 24.6 Å². The van der Waals surface area contributed by atoms with Gasteiger partial charge in [-0.3, -0.25) is 14.3 Å². The van der Waals surface area contributed by atoms with Gasteiger partial charge >= 0.3 is 0 Å². The van der Waals surface area contributed by atoms with Gasteiger partial charge in [0, 0.05) is 25.7 Å². The second-order valence-electron chi connectivity index (χ2n) is 8.75. The van der Waals surface area contributed by atoms with E-state index in [1.165, 1.54) is 0 Å². The van der Waals surface area contributed by atoms with Crippen LogP contribution in [0.25, 0.3) is 10.9 Å². The summed E-state index contributed by atoms with van der Waals surface area (Å²) in [7, 11) is 0. The Labute approximate surface area is 181 Å². The monoisotopic (exact) mass is 423 g/mol. The van der Waals surface area contributed by atoms with Crippen LogP contribution in [0.2, 0.25) is 0 Å². The Hall–Kier alpha value is -2.58. The molecule has 0 unspecified atom stereocenters. The normalized spacial score (nSPS) is 19.3. The van der Waals surface area contributed by atoms with Crippen LogP contribution in [0, 0.1) is 12.8 Å². The number of benzene rings is 1. The van der Waals surface area contributed by atoms with Crippen LogP contribution in [-0.2, 0) is 17.8 Å². The lowest BCUT2D eigenvalue weighted by Gasteiger charge is -2.31. The van der Waals surface area contributed by atoms with Crippen LogP contribution in [0.1, 0.15) is 49.1 Å². The molecule has 0 atom stereocenters. The van der Waals surface area contributed by atoms with Crippen LogP contribution >= 0.6 is 0 Å². The van der Waals surface area contributed by atoms with E-state index in [1.807, 2.05) is 35.8 Å². The van der Waals surface area contributed by atoms with Crippen molar-refractivity contribution in [1.29, 1.82) is 0 Å². The number of fused-ring (bicyclic) bond motifs is 1. The molecule has 5 rings (SSSR count). The van der Waals surface area contributed by atoms with E-state index in [1.54, 1.807) is 0 Å². The quantitative estimate of drug-likeness (QED) is 0.624. The molecule has 2 saturated heterocycles. The highest BCUT2D eigenvalue weighted by Crippen LogP contribution is 2.26. The maximum absolute atomic E-state index is 12.9. The van der Waals surface area contributed by atoms with E-state index < -0.39 is 0 Å². The van der Waals surface area contributed by atoms with Gasteiger partial charge in [0.1, 0.15) is 5.82 Å². The Morgan fingerprint density at radius 1 is 1.06 bits per heavy atom. The molecule has 4 heterocycles. The highest BCUT2D eigenvalue weighted by Gasteiger charge is 2.25. The topological polar surface area (TPSA) is 86.3 Å². The van der Waals surface area contributed by atoms with Gasteiger partial charge in [0.15, 0.2) is 5.82 Å². The highest BCUT2D eigenvalue weighted by atomic mass is 16.5. The molecule has 8 heteroatoms. The van der Waals surface area contributed by atoms with E-state index in [4.69, 9.17) is 9.26 Å². The number of rotatable bonds is 5. The molecule has 0 saturated carbocycles. The summed E-state index contributed by atoms with van der Waals surface area (Å²) in [6, 6.07) is 7.58. The second kappa shape index (κ2) is 8.88. The van der Waals surface area contributed by atoms with Gasteiger partial charge in [0.05, 0.1) is 17.4 Å². The van der Waals surface area contributed by atoms with Gasteiger partial charge in [-0.2, -0.15) is 4.98 Å². The predicted octanol–water partition coefficient (Wildman–Crippen LogP) is 2.89. The third kappa shape index (κ3) is 4.41. The summed E-state index contributed by atoms with van der Waals surface area (Å²) in [4.78, 5) is 24.6. The van der Waals surface area contributed by atoms with Crippen LogP contribution in [0.5, 0.6) is 0 Å². The lowest BCUT2D eigenvalue weighted by atomic mass is 9.96. The van der Waals surface area contributed by atoms with Gasteiger partial charge < -0.3 is 9.26 Å². The molecule has 1 aromatic carbocycles. The number of aromatic nitrogens is 4. The zero-order valence-corrected chi connectivity index (χ0v) is 18.0. The second-order valence-corrected chi connectivity index (χ2v) is 8.75. The summed E-state index contributed by atoms with van der Waals surface area (Å²) in [6.07, 6.45) is 4.00. The summed E-state index contributed by atoms with van der Waals surface area (Å²) in [5, 5.41) is 4.90. The molecule has 8 nitrogen and oxygen atoms in total. The SMILES string of the molecule is Cc1nc2ccccc2c(=O)n1CC1CCN(Cc2noc(C3CCOCC3)n2)CC1. The molecule has 0 N–H and O–H groups in total. The zero-order valence-electron chi connectivity index (χ0n) is 18.0. The molecule has 0 radical (unpaired) electrons. The number of nitrogens with zero attached hydrogens (tertiary/aromatic N) is 5. The molecule has 0 bridgehead atoms. The molecule has 2 aliphatic rings. The zero-order chi connectivity index (χ0) is 21.2. The number of ether oxygens (including phenoxy) is 1. The third-order valence-corrected chi connectivity index (χ3v) is 6.62. The maximum Gasteiger partial charge on any atom is 0.261 e. The number of piperidine rings is 1. The third-order valence-electron chi connectivity index (χ3n) is 6.62. The van der Waals surface area contributed by atoms with Gasteiger partial charge in [-0.15, -0.1) is 0 Å². The predicted molar refractivity (Wildman–Crippen MR) is 116 cm³/mol. The Morgan fingerprint density at radius 3 is 2.65 bits per heavy atom. The Bertz CT molecular complexity index is 1090. The standard InChI is InChI=1S/C23H29N5O3/c1-16-24-20-5-3-2-4-19(20)23(29)28(16)14-17-6-10-27(11-7-17)15-21-25-22(31-26-21)18-8-12-30-13-9-18/h2-5,17-18H,6-15H2,1H3. The molecule has 0 amide bonds. The molecular weight excluding hydrogens is 394 g/mol. The molecule has 164 valence electrons.